The topological polar surface area (TPSA) is 113 Å². The second kappa shape index (κ2) is 12.4. The molecule has 0 unspecified atom stereocenters. The molecule has 0 aliphatic carbocycles. The van der Waals surface area contributed by atoms with Crippen LogP contribution in [0.2, 0.25) is 5.02 Å². The second-order valence-corrected chi connectivity index (χ2v) is 9.47. The fourth-order valence-corrected chi connectivity index (χ4v) is 3.17. The highest BCUT2D eigenvalue weighted by Crippen LogP contribution is 2.29. The summed E-state index contributed by atoms with van der Waals surface area (Å²) in [4.78, 5) is 37.1. The molecule has 37 heavy (non-hydrogen) atoms. The van der Waals surface area contributed by atoms with Crippen molar-refractivity contribution in [2.24, 2.45) is 0 Å². The molecule has 0 bridgehead atoms. The van der Waals surface area contributed by atoms with Crippen LogP contribution in [-0.4, -0.2) is 32.6 Å². The number of amides is 1. The number of hydrogen-bond acceptors (Lipinski definition) is 8. The zero-order chi connectivity index (χ0) is 27.0. The Hall–Kier alpha value is -3.79. The third kappa shape index (κ3) is 8.68. The van der Waals surface area contributed by atoms with Gasteiger partial charge in [-0.1, -0.05) is 31.4 Å². The van der Waals surface area contributed by atoms with Crippen molar-refractivity contribution < 1.29 is 28.2 Å². The van der Waals surface area contributed by atoms with Gasteiger partial charge in [0.2, 0.25) is 0 Å². The Morgan fingerprint density at radius 2 is 1.78 bits per heavy atom. The highest BCUT2D eigenvalue weighted by molar-refractivity contribution is 6.30. The summed E-state index contributed by atoms with van der Waals surface area (Å²) in [6.45, 7) is 7.20. The van der Waals surface area contributed by atoms with Crippen LogP contribution in [0.4, 0.5) is 15.0 Å². The van der Waals surface area contributed by atoms with Crippen LogP contribution in [-0.2, 0) is 9.53 Å². The molecule has 3 rings (SSSR count). The Morgan fingerprint density at radius 1 is 1.05 bits per heavy atom. The molecule has 1 N–H and O–H groups in total. The van der Waals surface area contributed by atoms with E-state index in [0.29, 0.717) is 23.4 Å². The van der Waals surface area contributed by atoms with E-state index in [-0.39, 0.29) is 29.0 Å². The molecule has 0 radical (unpaired) electrons. The highest BCUT2D eigenvalue weighted by atomic mass is 35.5. The fourth-order valence-electron chi connectivity index (χ4n) is 3.03. The summed E-state index contributed by atoms with van der Waals surface area (Å²) in [7, 11) is 0. The van der Waals surface area contributed by atoms with Gasteiger partial charge >= 0.3 is 12.1 Å². The summed E-state index contributed by atoms with van der Waals surface area (Å²) < 4.78 is 30.1. The SMILES string of the molecule is CCCCCC(=O)Oc1nc(-c2ccc(Oc3ncc(Cl)cc3F)cc2)cnc1NC(=O)OC(C)(C)C. The average Bonchev–Trinajstić information content (AvgIpc) is 2.81. The molecule has 11 heteroatoms. The molecule has 0 aliphatic heterocycles. The molecule has 0 spiro atoms. The number of carbonyl (C=O) groups excluding carboxylic acids is 2. The molecule has 0 saturated heterocycles. The summed E-state index contributed by atoms with van der Waals surface area (Å²) in [5, 5.41) is 2.64. The number of aromatic nitrogens is 3. The van der Waals surface area contributed by atoms with Gasteiger partial charge in [-0.2, -0.15) is 0 Å². The van der Waals surface area contributed by atoms with Crippen molar-refractivity contribution >= 4 is 29.5 Å². The first-order chi connectivity index (χ1) is 17.5. The van der Waals surface area contributed by atoms with Crippen LogP contribution in [0.15, 0.2) is 42.7 Å². The number of esters is 1. The molecular formula is C26H28ClFN4O5. The smallest absolute Gasteiger partial charge is 0.413 e. The molecule has 2 aromatic heterocycles. The predicted octanol–water partition coefficient (Wildman–Crippen LogP) is 6.96. The molecule has 196 valence electrons. The molecule has 0 aliphatic rings. The van der Waals surface area contributed by atoms with Gasteiger partial charge in [0.05, 0.1) is 16.9 Å². The van der Waals surface area contributed by atoms with Crippen molar-refractivity contribution in [1.29, 1.82) is 0 Å². The van der Waals surface area contributed by atoms with Gasteiger partial charge in [0.25, 0.3) is 11.8 Å². The Balaban J connectivity index is 1.82. The van der Waals surface area contributed by atoms with E-state index >= 15 is 0 Å². The standard InChI is InChI=1S/C26H28ClFN4O5/c1-5-6-7-8-21(33)36-24-22(32-25(34)37-26(2,3)4)29-15-20(31-24)16-9-11-18(12-10-16)35-23-19(28)13-17(27)14-30-23/h9-15H,5-8H2,1-4H3,(H,29,32,34). The van der Waals surface area contributed by atoms with E-state index in [2.05, 4.69) is 20.3 Å². The Kier molecular flexibility index (Phi) is 9.35. The minimum Gasteiger partial charge on any atom is -0.444 e. The van der Waals surface area contributed by atoms with Gasteiger partial charge in [0.15, 0.2) is 11.6 Å². The van der Waals surface area contributed by atoms with Crippen LogP contribution in [0.3, 0.4) is 0 Å². The minimum absolute atomic E-state index is 0.0499. The van der Waals surface area contributed by atoms with Crippen LogP contribution in [0.5, 0.6) is 17.5 Å². The monoisotopic (exact) mass is 530 g/mol. The molecule has 2 heterocycles. The zero-order valence-corrected chi connectivity index (χ0v) is 21.8. The minimum atomic E-state index is -0.762. The molecule has 3 aromatic rings. The third-order valence-electron chi connectivity index (χ3n) is 4.69. The van der Waals surface area contributed by atoms with Crippen LogP contribution >= 0.6 is 11.6 Å². The van der Waals surface area contributed by atoms with E-state index in [1.165, 1.54) is 12.4 Å². The largest absolute Gasteiger partial charge is 0.444 e. The first-order valence-corrected chi connectivity index (χ1v) is 12.1. The number of ether oxygens (including phenoxy) is 3. The number of anilines is 1. The van der Waals surface area contributed by atoms with E-state index in [9.17, 15) is 14.0 Å². The molecular weight excluding hydrogens is 503 g/mol. The summed E-state index contributed by atoms with van der Waals surface area (Å²) in [5.74, 6) is -1.28. The van der Waals surface area contributed by atoms with E-state index in [1.807, 2.05) is 6.92 Å². The van der Waals surface area contributed by atoms with Crippen molar-refractivity contribution in [2.75, 3.05) is 5.32 Å². The second-order valence-electron chi connectivity index (χ2n) is 9.03. The van der Waals surface area contributed by atoms with Crippen molar-refractivity contribution in [3.8, 4) is 28.8 Å². The van der Waals surface area contributed by atoms with E-state index in [4.69, 9.17) is 25.8 Å². The van der Waals surface area contributed by atoms with E-state index in [1.54, 1.807) is 45.0 Å². The summed E-state index contributed by atoms with van der Waals surface area (Å²) in [5.41, 5.74) is 0.243. The molecule has 9 nitrogen and oxygen atoms in total. The van der Waals surface area contributed by atoms with Gasteiger partial charge in [0.1, 0.15) is 11.4 Å². The third-order valence-corrected chi connectivity index (χ3v) is 4.90. The van der Waals surface area contributed by atoms with Crippen LogP contribution in [0.25, 0.3) is 11.3 Å². The van der Waals surface area contributed by atoms with Gasteiger partial charge in [-0.15, -0.1) is 0 Å². The first-order valence-electron chi connectivity index (χ1n) is 11.7. The molecule has 0 atom stereocenters. The van der Waals surface area contributed by atoms with Gasteiger partial charge in [-0.05, 0) is 57.5 Å². The zero-order valence-electron chi connectivity index (χ0n) is 21.0. The maximum absolute atomic E-state index is 14.0. The lowest BCUT2D eigenvalue weighted by molar-refractivity contribution is -0.134. The molecule has 1 amide bonds. The quantitative estimate of drug-likeness (QED) is 0.233. The molecule has 0 fully saturated rings. The summed E-state index contributed by atoms with van der Waals surface area (Å²) in [6.07, 6.45) is 4.64. The number of hydrogen-bond donors (Lipinski definition) is 1. The lowest BCUT2D eigenvalue weighted by atomic mass is 10.1. The van der Waals surface area contributed by atoms with Crippen LogP contribution in [0, 0.1) is 5.82 Å². The Labute approximate surface area is 219 Å². The lowest BCUT2D eigenvalue weighted by Crippen LogP contribution is -2.28. The average molecular weight is 531 g/mol. The number of carbonyl (C=O) groups is 2. The van der Waals surface area contributed by atoms with Crippen molar-refractivity contribution in [3.63, 3.8) is 0 Å². The summed E-state index contributed by atoms with van der Waals surface area (Å²) in [6, 6.07) is 7.62. The maximum atomic E-state index is 14.0. The normalized spacial score (nSPS) is 11.1. The fraction of sp³-hybridized carbons (Fsp3) is 0.346. The summed E-state index contributed by atoms with van der Waals surface area (Å²) >= 11 is 5.72. The Morgan fingerprint density at radius 3 is 2.43 bits per heavy atom. The Bertz CT molecular complexity index is 1250. The highest BCUT2D eigenvalue weighted by Gasteiger charge is 2.21. The number of halogens is 2. The van der Waals surface area contributed by atoms with Gasteiger partial charge < -0.3 is 14.2 Å². The predicted molar refractivity (Wildman–Crippen MR) is 136 cm³/mol. The van der Waals surface area contributed by atoms with Gasteiger partial charge in [-0.25, -0.2) is 24.1 Å². The van der Waals surface area contributed by atoms with Gasteiger partial charge in [0, 0.05) is 18.2 Å². The lowest BCUT2D eigenvalue weighted by Gasteiger charge is -2.20. The van der Waals surface area contributed by atoms with Gasteiger partial charge in [-0.3, -0.25) is 10.1 Å². The van der Waals surface area contributed by atoms with Crippen molar-refractivity contribution in [2.45, 2.75) is 59.0 Å². The van der Waals surface area contributed by atoms with Crippen molar-refractivity contribution in [1.82, 2.24) is 15.0 Å². The van der Waals surface area contributed by atoms with E-state index < -0.39 is 23.5 Å². The first kappa shape index (κ1) is 27.8. The number of unbranched alkanes of at least 4 members (excludes halogenated alkanes) is 2. The van der Waals surface area contributed by atoms with Crippen LogP contribution < -0.4 is 14.8 Å². The number of benzene rings is 1. The number of nitrogens with zero attached hydrogens (tertiary/aromatic N) is 3. The molecule has 1 aromatic carbocycles. The van der Waals surface area contributed by atoms with Crippen LogP contribution in [0.1, 0.15) is 53.4 Å². The number of pyridine rings is 1. The van der Waals surface area contributed by atoms with Crippen molar-refractivity contribution in [3.05, 3.63) is 53.6 Å². The van der Waals surface area contributed by atoms with E-state index in [0.717, 1.165) is 18.9 Å². The molecule has 0 saturated carbocycles. The number of rotatable bonds is 9. The number of nitrogens with one attached hydrogen (secondary N) is 1. The maximum Gasteiger partial charge on any atom is 0.413 e.